The van der Waals surface area contributed by atoms with Gasteiger partial charge in [0.1, 0.15) is 16.8 Å². The zero-order valence-electron chi connectivity index (χ0n) is 16.5. The summed E-state index contributed by atoms with van der Waals surface area (Å²) < 4.78 is 5.76. The summed E-state index contributed by atoms with van der Waals surface area (Å²) in [5, 5.41) is 13.9. The van der Waals surface area contributed by atoms with E-state index in [0.717, 1.165) is 46.7 Å². The van der Waals surface area contributed by atoms with E-state index >= 15 is 0 Å². The SMILES string of the molecule is Cc1cc(OCCCC(=O)Nc2sc3c(c2C#N)CCC(C)C3)cc(C)c1Cl. The Morgan fingerprint density at radius 2 is 2.11 bits per heavy atom. The molecule has 0 spiro atoms. The molecule has 0 radical (unpaired) electrons. The van der Waals surface area contributed by atoms with Crippen LogP contribution in [0.4, 0.5) is 5.00 Å². The Morgan fingerprint density at radius 3 is 2.79 bits per heavy atom. The number of rotatable bonds is 6. The largest absolute Gasteiger partial charge is 0.494 e. The van der Waals surface area contributed by atoms with Gasteiger partial charge >= 0.3 is 0 Å². The molecule has 1 aromatic heterocycles. The highest BCUT2D eigenvalue weighted by Gasteiger charge is 2.24. The summed E-state index contributed by atoms with van der Waals surface area (Å²) in [4.78, 5) is 13.6. The van der Waals surface area contributed by atoms with E-state index in [4.69, 9.17) is 16.3 Å². The number of aryl methyl sites for hydroxylation is 2. The van der Waals surface area contributed by atoms with Gasteiger partial charge in [-0.1, -0.05) is 18.5 Å². The highest BCUT2D eigenvalue weighted by Crippen LogP contribution is 2.39. The summed E-state index contributed by atoms with van der Waals surface area (Å²) in [6, 6.07) is 6.10. The number of hydrogen-bond donors (Lipinski definition) is 1. The molecule has 3 rings (SSSR count). The molecule has 28 heavy (non-hydrogen) atoms. The Hall–Kier alpha value is -2.03. The number of carbonyl (C=O) groups is 1. The van der Waals surface area contributed by atoms with Crippen LogP contribution in [0.3, 0.4) is 0 Å². The van der Waals surface area contributed by atoms with Gasteiger partial charge in [0, 0.05) is 16.3 Å². The van der Waals surface area contributed by atoms with Crippen LogP contribution in [0.5, 0.6) is 5.75 Å². The van der Waals surface area contributed by atoms with Gasteiger partial charge in [0.15, 0.2) is 0 Å². The number of benzene rings is 1. The summed E-state index contributed by atoms with van der Waals surface area (Å²) in [6.45, 7) is 6.59. The molecule has 1 amide bonds. The number of ether oxygens (including phenoxy) is 1. The van der Waals surface area contributed by atoms with E-state index in [9.17, 15) is 10.1 Å². The lowest BCUT2D eigenvalue weighted by Crippen LogP contribution is -2.13. The number of fused-ring (bicyclic) bond motifs is 1. The summed E-state index contributed by atoms with van der Waals surface area (Å²) >= 11 is 7.73. The highest BCUT2D eigenvalue weighted by atomic mass is 35.5. The standard InChI is InChI=1S/C22H25ClN2O2S/c1-13-6-7-17-18(12-24)22(28-19(17)9-13)25-20(26)5-4-8-27-16-10-14(2)21(23)15(3)11-16/h10-11,13H,4-9H2,1-3H3,(H,25,26). The Labute approximate surface area is 175 Å². The molecule has 148 valence electrons. The fourth-order valence-electron chi connectivity index (χ4n) is 3.56. The molecule has 0 bridgehead atoms. The summed E-state index contributed by atoms with van der Waals surface area (Å²) in [7, 11) is 0. The van der Waals surface area contributed by atoms with Gasteiger partial charge < -0.3 is 10.1 Å². The van der Waals surface area contributed by atoms with Gasteiger partial charge in [-0.3, -0.25) is 4.79 Å². The smallest absolute Gasteiger partial charge is 0.225 e. The van der Waals surface area contributed by atoms with Crippen molar-refractivity contribution in [3.8, 4) is 11.8 Å². The van der Waals surface area contributed by atoms with Crippen LogP contribution in [-0.2, 0) is 17.6 Å². The van der Waals surface area contributed by atoms with Gasteiger partial charge in [0.2, 0.25) is 5.91 Å². The lowest BCUT2D eigenvalue weighted by Gasteiger charge is -2.17. The average molecular weight is 417 g/mol. The third-order valence-electron chi connectivity index (χ3n) is 5.10. The van der Waals surface area contributed by atoms with Crippen molar-refractivity contribution in [2.45, 2.75) is 52.9 Å². The van der Waals surface area contributed by atoms with Gasteiger partial charge in [0.05, 0.1) is 12.2 Å². The van der Waals surface area contributed by atoms with Crippen LogP contribution in [0.2, 0.25) is 5.02 Å². The van der Waals surface area contributed by atoms with Crippen LogP contribution in [0.15, 0.2) is 12.1 Å². The molecule has 1 atom stereocenters. The molecule has 1 N–H and O–H groups in total. The highest BCUT2D eigenvalue weighted by molar-refractivity contribution is 7.16. The number of nitrogens with zero attached hydrogens (tertiary/aromatic N) is 1. The molecule has 6 heteroatoms. The average Bonchev–Trinajstić information content (AvgIpc) is 2.98. The number of amides is 1. The lowest BCUT2D eigenvalue weighted by atomic mass is 9.89. The predicted molar refractivity (Wildman–Crippen MR) is 115 cm³/mol. The fraction of sp³-hybridized carbons (Fsp3) is 0.455. The molecule has 1 aromatic carbocycles. The third-order valence-corrected chi connectivity index (χ3v) is 6.87. The van der Waals surface area contributed by atoms with Gasteiger partial charge in [-0.2, -0.15) is 5.26 Å². The number of carbonyl (C=O) groups excluding carboxylic acids is 1. The molecule has 1 unspecified atom stereocenters. The minimum atomic E-state index is -0.0739. The minimum Gasteiger partial charge on any atom is -0.494 e. The van der Waals surface area contributed by atoms with E-state index in [-0.39, 0.29) is 5.91 Å². The van der Waals surface area contributed by atoms with Crippen molar-refractivity contribution in [3.63, 3.8) is 0 Å². The first-order valence-electron chi connectivity index (χ1n) is 9.63. The first-order chi connectivity index (χ1) is 13.4. The van der Waals surface area contributed by atoms with Crippen LogP contribution >= 0.6 is 22.9 Å². The Bertz CT molecular complexity index is 906. The van der Waals surface area contributed by atoms with Gasteiger partial charge in [-0.25, -0.2) is 0 Å². The maximum atomic E-state index is 12.3. The number of hydrogen-bond acceptors (Lipinski definition) is 4. The van der Waals surface area contributed by atoms with E-state index in [1.54, 1.807) is 11.3 Å². The summed E-state index contributed by atoms with van der Waals surface area (Å²) in [5.41, 5.74) is 3.75. The summed E-state index contributed by atoms with van der Waals surface area (Å²) in [6.07, 6.45) is 4.00. The first kappa shape index (κ1) is 20.7. The molecule has 1 aliphatic carbocycles. The van der Waals surface area contributed by atoms with Gasteiger partial charge in [-0.05, 0) is 74.3 Å². The molecule has 1 heterocycles. The monoisotopic (exact) mass is 416 g/mol. The summed E-state index contributed by atoms with van der Waals surface area (Å²) in [5.74, 6) is 1.33. The maximum absolute atomic E-state index is 12.3. The van der Waals surface area contributed by atoms with E-state index < -0.39 is 0 Å². The number of nitriles is 1. The topological polar surface area (TPSA) is 62.1 Å². The number of halogens is 1. The number of nitrogens with one attached hydrogen (secondary N) is 1. The Balaban J connectivity index is 1.52. The first-order valence-corrected chi connectivity index (χ1v) is 10.8. The second-order valence-corrected chi connectivity index (χ2v) is 9.02. The zero-order valence-corrected chi connectivity index (χ0v) is 18.1. The van der Waals surface area contributed by atoms with Crippen LogP contribution in [0.25, 0.3) is 0 Å². The second-order valence-electron chi connectivity index (χ2n) is 7.54. The third kappa shape index (κ3) is 4.68. The van der Waals surface area contributed by atoms with E-state index in [1.807, 2.05) is 26.0 Å². The van der Waals surface area contributed by atoms with Crippen molar-refractivity contribution in [3.05, 3.63) is 44.3 Å². The van der Waals surface area contributed by atoms with Crippen molar-refractivity contribution in [2.24, 2.45) is 5.92 Å². The maximum Gasteiger partial charge on any atom is 0.225 e. The Morgan fingerprint density at radius 1 is 1.39 bits per heavy atom. The Kier molecular flexibility index (Phi) is 6.64. The van der Waals surface area contributed by atoms with Gasteiger partial charge in [-0.15, -0.1) is 11.3 Å². The molecule has 0 fully saturated rings. The lowest BCUT2D eigenvalue weighted by molar-refractivity contribution is -0.116. The fourth-order valence-corrected chi connectivity index (χ4v) is 5.04. The number of thiophene rings is 1. The number of anilines is 1. The quantitative estimate of drug-likeness (QED) is 0.604. The van der Waals surface area contributed by atoms with Gasteiger partial charge in [0.25, 0.3) is 0 Å². The van der Waals surface area contributed by atoms with Crippen molar-refractivity contribution in [1.82, 2.24) is 0 Å². The minimum absolute atomic E-state index is 0.0739. The van der Waals surface area contributed by atoms with Crippen molar-refractivity contribution >= 4 is 33.8 Å². The van der Waals surface area contributed by atoms with Crippen LogP contribution in [0, 0.1) is 31.1 Å². The van der Waals surface area contributed by atoms with E-state index in [2.05, 4.69) is 18.3 Å². The molecular formula is C22H25ClN2O2S. The van der Waals surface area contributed by atoms with Crippen LogP contribution in [-0.4, -0.2) is 12.5 Å². The molecule has 0 aliphatic heterocycles. The van der Waals surface area contributed by atoms with Crippen LogP contribution in [0.1, 0.15) is 53.3 Å². The molecule has 1 aliphatic rings. The molecule has 4 nitrogen and oxygen atoms in total. The van der Waals surface area contributed by atoms with E-state index in [1.165, 1.54) is 4.88 Å². The van der Waals surface area contributed by atoms with Crippen molar-refractivity contribution < 1.29 is 9.53 Å². The van der Waals surface area contributed by atoms with Crippen LogP contribution < -0.4 is 10.1 Å². The zero-order chi connectivity index (χ0) is 20.3. The van der Waals surface area contributed by atoms with Crippen molar-refractivity contribution in [1.29, 1.82) is 5.26 Å². The molecule has 2 aromatic rings. The second kappa shape index (κ2) is 8.98. The normalized spacial score (nSPS) is 15.6. The molecule has 0 saturated heterocycles. The molecule has 0 saturated carbocycles. The molecular weight excluding hydrogens is 392 g/mol. The predicted octanol–water partition coefficient (Wildman–Crippen LogP) is 5.81. The van der Waals surface area contributed by atoms with E-state index in [0.29, 0.717) is 35.9 Å². The van der Waals surface area contributed by atoms with Crippen molar-refractivity contribution in [2.75, 3.05) is 11.9 Å².